The number of halogens is 2. The molecule has 4 nitrogen and oxygen atoms in total. The highest BCUT2D eigenvalue weighted by atomic mass is 79.9. The van der Waals surface area contributed by atoms with Gasteiger partial charge in [-0.05, 0) is 80.7 Å². The maximum absolute atomic E-state index is 12.1. The molecule has 0 unspecified atom stereocenters. The monoisotopic (exact) mass is 454 g/mol. The van der Waals surface area contributed by atoms with Crippen LogP contribution in [0.3, 0.4) is 0 Å². The second-order valence-electron chi connectivity index (χ2n) is 4.97. The number of hydrogen-bond acceptors (Lipinski definition) is 4. The van der Waals surface area contributed by atoms with Crippen molar-refractivity contribution in [2.75, 3.05) is 0 Å². The Morgan fingerprint density at radius 3 is 2.78 bits per heavy atom. The van der Waals surface area contributed by atoms with Gasteiger partial charge >= 0.3 is 0 Å². The second-order valence-corrected chi connectivity index (χ2v) is 7.58. The SMILES string of the molecule is Cc1cccc(N=C2NC(=O)/C(=C/c3cc(Br)c(Br)o3)S2)c1C. The normalized spacial score (nSPS) is 18.0. The number of carbonyl (C=O) groups excluding carboxylic acids is 1. The van der Waals surface area contributed by atoms with Crippen molar-refractivity contribution in [3.05, 3.63) is 55.2 Å². The Morgan fingerprint density at radius 2 is 2.09 bits per heavy atom. The third kappa shape index (κ3) is 3.62. The number of rotatable bonds is 2. The molecule has 0 radical (unpaired) electrons. The Morgan fingerprint density at radius 1 is 1.30 bits per heavy atom. The highest BCUT2D eigenvalue weighted by molar-refractivity contribution is 9.13. The zero-order valence-electron chi connectivity index (χ0n) is 12.3. The molecular weight excluding hydrogens is 444 g/mol. The van der Waals surface area contributed by atoms with Crippen LogP contribution in [0.4, 0.5) is 5.69 Å². The molecule has 0 spiro atoms. The average molecular weight is 456 g/mol. The molecule has 3 rings (SSSR count). The van der Waals surface area contributed by atoms with Crippen molar-refractivity contribution in [2.45, 2.75) is 13.8 Å². The molecular formula is C16H12Br2N2O2S. The summed E-state index contributed by atoms with van der Waals surface area (Å²) in [5, 5.41) is 3.35. The van der Waals surface area contributed by atoms with Crippen molar-refractivity contribution in [1.29, 1.82) is 0 Å². The summed E-state index contributed by atoms with van der Waals surface area (Å²) in [6.45, 7) is 4.06. The number of amides is 1. The molecule has 7 heteroatoms. The van der Waals surface area contributed by atoms with Crippen LogP contribution in [0.15, 0.2) is 47.7 Å². The third-order valence-corrected chi connectivity index (χ3v) is 6.01. The van der Waals surface area contributed by atoms with Gasteiger partial charge in [-0.1, -0.05) is 12.1 Å². The summed E-state index contributed by atoms with van der Waals surface area (Å²) in [5.41, 5.74) is 3.13. The van der Waals surface area contributed by atoms with Crippen LogP contribution in [0.25, 0.3) is 6.08 Å². The molecule has 0 atom stereocenters. The topological polar surface area (TPSA) is 54.6 Å². The number of aliphatic imine (C=N–C) groups is 1. The van der Waals surface area contributed by atoms with E-state index < -0.39 is 0 Å². The molecule has 1 saturated heterocycles. The number of furan rings is 1. The predicted octanol–water partition coefficient (Wildman–Crippen LogP) is 5.31. The van der Waals surface area contributed by atoms with Gasteiger partial charge in [0.15, 0.2) is 9.84 Å². The number of nitrogens with one attached hydrogen (secondary N) is 1. The van der Waals surface area contributed by atoms with Gasteiger partial charge in [0.1, 0.15) is 5.76 Å². The first-order valence-electron chi connectivity index (χ1n) is 6.74. The van der Waals surface area contributed by atoms with Crippen LogP contribution in [0.5, 0.6) is 0 Å². The van der Waals surface area contributed by atoms with Crippen molar-refractivity contribution < 1.29 is 9.21 Å². The average Bonchev–Trinajstić information content (AvgIpc) is 2.99. The summed E-state index contributed by atoms with van der Waals surface area (Å²) >= 11 is 7.93. The van der Waals surface area contributed by atoms with Gasteiger partial charge in [-0.15, -0.1) is 0 Å². The molecule has 0 bridgehead atoms. The molecule has 1 aromatic heterocycles. The van der Waals surface area contributed by atoms with Crippen molar-refractivity contribution in [3.63, 3.8) is 0 Å². The number of carbonyl (C=O) groups is 1. The molecule has 2 heterocycles. The first kappa shape index (κ1) is 16.5. The summed E-state index contributed by atoms with van der Waals surface area (Å²) in [7, 11) is 0. The minimum absolute atomic E-state index is 0.178. The summed E-state index contributed by atoms with van der Waals surface area (Å²) in [5.74, 6) is 0.414. The summed E-state index contributed by atoms with van der Waals surface area (Å²) in [6.07, 6.45) is 1.70. The fourth-order valence-electron chi connectivity index (χ4n) is 2.01. The lowest BCUT2D eigenvalue weighted by atomic mass is 10.1. The van der Waals surface area contributed by atoms with E-state index in [4.69, 9.17) is 4.42 Å². The van der Waals surface area contributed by atoms with Crippen molar-refractivity contribution >= 4 is 66.5 Å². The van der Waals surface area contributed by atoms with Crippen LogP contribution in [0, 0.1) is 13.8 Å². The molecule has 1 aromatic carbocycles. The maximum atomic E-state index is 12.1. The van der Waals surface area contributed by atoms with Gasteiger partial charge in [-0.3, -0.25) is 4.79 Å². The van der Waals surface area contributed by atoms with Gasteiger partial charge in [0.2, 0.25) is 0 Å². The lowest BCUT2D eigenvalue weighted by Gasteiger charge is -2.04. The van der Waals surface area contributed by atoms with E-state index in [1.54, 1.807) is 12.1 Å². The molecule has 1 aliphatic rings. The van der Waals surface area contributed by atoms with E-state index in [1.165, 1.54) is 17.3 Å². The standard InChI is InChI=1S/C16H12Br2N2O2S/c1-8-4-3-5-12(9(8)2)19-16-20-15(21)13(23-16)7-10-6-11(17)14(18)22-10/h3-7H,1-2H3,(H,19,20,21)/b13-7-. The number of hydrogen-bond donors (Lipinski definition) is 1. The van der Waals surface area contributed by atoms with E-state index in [9.17, 15) is 4.79 Å². The molecule has 1 aliphatic heterocycles. The zero-order valence-corrected chi connectivity index (χ0v) is 16.3. The Labute approximate surface area is 154 Å². The van der Waals surface area contributed by atoms with Crippen molar-refractivity contribution in [1.82, 2.24) is 5.32 Å². The van der Waals surface area contributed by atoms with Gasteiger partial charge in [-0.2, -0.15) is 0 Å². The number of thioether (sulfide) groups is 1. The van der Waals surface area contributed by atoms with Gasteiger partial charge in [0, 0.05) is 6.08 Å². The maximum Gasteiger partial charge on any atom is 0.264 e. The third-order valence-electron chi connectivity index (χ3n) is 3.39. The number of benzene rings is 1. The number of amidine groups is 1. The number of nitrogens with zero attached hydrogens (tertiary/aromatic N) is 1. The van der Waals surface area contributed by atoms with Crippen LogP contribution in [-0.2, 0) is 4.79 Å². The van der Waals surface area contributed by atoms with Crippen LogP contribution < -0.4 is 5.32 Å². The van der Waals surface area contributed by atoms with E-state index >= 15 is 0 Å². The second kappa shape index (κ2) is 6.67. The lowest BCUT2D eigenvalue weighted by molar-refractivity contribution is -0.115. The Hall–Kier alpha value is -1.31. The smallest absolute Gasteiger partial charge is 0.264 e. The lowest BCUT2D eigenvalue weighted by Crippen LogP contribution is -2.19. The molecule has 1 fully saturated rings. The van der Waals surface area contributed by atoms with Crippen molar-refractivity contribution in [2.24, 2.45) is 4.99 Å². The van der Waals surface area contributed by atoms with E-state index in [2.05, 4.69) is 42.2 Å². The molecule has 1 N–H and O–H groups in total. The fourth-order valence-corrected chi connectivity index (χ4v) is 3.43. The number of aryl methyl sites for hydroxylation is 1. The zero-order chi connectivity index (χ0) is 16.6. The van der Waals surface area contributed by atoms with Gasteiger partial charge < -0.3 is 9.73 Å². The van der Waals surface area contributed by atoms with E-state index in [0.29, 0.717) is 20.5 Å². The van der Waals surface area contributed by atoms with E-state index in [0.717, 1.165) is 15.7 Å². The highest BCUT2D eigenvalue weighted by Crippen LogP contribution is 2.32. The van der Waals surface area contributed by atoms with Crippen LogP contribution in [0.2, 0.25) is 0 Å². The molecule has 1 amide bonds. The molecule has 2 aromatic rings. The van der Waals surface area contributed by atoms with Gasteiger partial charge in [-0.25, -0.2) is 4.99 Å². The minimum Gasteiger partial charge on any atom is -0.449 e. The highest BCUT2D eigenvalue weighted by Gasteiger charge is 2.24. The van der Waals surface area contributed by atoms with E-state index in [1.807, 2.05) is 32.0 Å². The van der Waals surface area contributed by atoms with Crippen LogP contribution in [-0.4, -0.2) is 11.1 Å². The largest absolute Gasteiger partial charge is 0.449 e. The predicted molar refractivity (Wildman–Crippen MR) is 101 cm³/mol. The quantitative estimate of drug-likeness (QED) is 0.624. The van der Waals surface area contributed by atoms with Gasteiger partial charge in [0.25, 0.3) is 5.91 Å². The van der Waals surface area contributed by atoms with Crippen LogP contribution in [0.1, 0.15) is 16.9 Å². The minimum atomic E-state index is -0.178. The molecule has 0 saturated carbocycles. The first-order chi connectivity index (χ1) is 10.9. The van der Waals surface area contributed by atoms with Crippen molar-refractivity contribution in [3.8, 4) is 0 Å². The molecule has 118 valence electrons. The molecule has 23 heavy (non-hydrogen) atoms. The first-order valence-corrected chi connectivity index (χ1v) is 9.15. The summed E-state index contributed by atoms with van der Waals surface area (Å²) < 4.78 is 6.87. The Balaban J connectivity index is 1.87. The Bertz CT molecular complexity index is 836. The van der Waals surface area contributed by atoms with Gasteiger partial charge in [0.05, 0.1) is 15.1 Å². The summed E-state index contributed by atoms with van der Waals surface area (Å²) in [6, 6.07) is 7.73. The van der Waals surface area contributed by atoms with E-state index in [-0.39, 0.29) is 5.91 Å². The molecule has 0 aliphatic carbocycles. The summed E-state index contributed by atoms with van der Waals surface area (Å²) in [4.78, 5) is 17.2. The fraction of sp³-hybridized carbons (Fsp3) is 0.125. The Kier molecular flexibility index (Phi) is 4.79. The van der Waals surface area contributed by atoms with Crippen LogP contribution >= 0.6 is 43.6 Å².